The number of piperidine rings is 1. The Balaban J connectivity index is 0.00000364. The van der Waals surface area contributed by atoms with Crippen LogP contribution in [0, 0.1) is 5.92 Å². The summed E-state index contributed by atoms with van der Waals surface area (Å²) in [6.07, 6.45) is 5.67. The number of likely N-dealkylation sites (N-methyl/N-ethyl adjacent to an activating group) is 1. The van der Waals surface area contributed by atoms with Crippen LogP contribution in [0.1, 0.15) is 39.0 Å². The molecule has 1 atom stereocenters. The standard InChI is InChI=1S/C19H37N5O2.HI/c1-4-5-9-20-19(21-13-18(25)23(2)3)22-17-6-10-24(11-7-17)14-16-8-12-26-15-16;/h16-17H,4-15H2,1-3H3,(H2,20,21,22);1H. The van der Waals surface area contributed by atoms with E-state index in [9.17, 15) is 4.79 Å². The molecule has 0 aromatic carbocycles. The maximum Gasteiger partial charge on any atom is 0.243 e. The highest BCUT2D eigenvalue weighted by atomic mass is 127. The van der Waals surface area contributed by atoms with Crippen molar-refractivity contribution in [1.29, 1.82) is 0 Å². The number of hydrogen-bond donors (Lipinski definition) is 2. The van der Waals surface area contributed by atoms with E-state index in [0.717, 1.165) is 64.5 Å². The second-order valence-corrected chi connectivity index (χ2v) is 7.68. The molecule has 0 spiro atoms. The van der Waals surface area contributed by atoms with Crippen LogP contribution in [-0.4, -0.2) is 87.7 Å². The number of guanidine groups is 1. The molecular formula is C19H38IN5O2. The molecule has 2 N–H and O–H groups in total. The van der Waals surface area contributed by atoms with Crippen LogP contribution < -0.4 is 10.6 Å². The highest BCUT2D eigenvalue weighted by Crippen LogP contribution is 2.17. The van der Waals surface area contributed by atoms with Gasteiger partial charge in [-0.25, -0.2) is 4.99 Å². The smallest absolute Gasteiger partial charge is 0.243 e. The highest BCUT2D eigenvalue weighted by Gasteiger charge is 2.24. The zero-order valence-corrected chi connectivity index (χ0v) is 19.5. The molecule has 0 aromatic rings. The van der Waals surface area contributed by atoms with Crippen molar-refractivity contribution in [3.8, 4) is 0 Å². The van der Waals surface area contributed by atoms with E-state index in [2.05, 4.69) is 27.4 Å². The van der Waals surface area contributed by atoms with E-state index in [-0.39, 0.29) is 36.4 Å². The zero-order chi connectivity index (χ0) is 18.8. The number of amides is 1. The van der Waals surface area contributed by atoms with Crippen LogP contribution in [-0.2, 0) is 9.53 Å². The van der Waals surface area contributed by atoms with Gasteiger partial charge in [-0.05, 0) is 31.6 Å². The number of aliphatic imine (C=N–C) groups is 1. The first-order chi connectivity index (χ1) is 12.6. The molecule has 0 bridgehead atoms. The van der Waals surface area contributed by atoms with Crippen LogP contribution >= 0.6 is 24.0 Å². The van der Waals surface area contributed by atoms with Gasteiger partial charge in [0.15, 0.2) is 5.96 Å². The number of ether oxygens (including phenoxy) is 1. The summed E-state index contributed by atoms with van der Waals surface area (Å²) in [5.74, 6) is 1.51. The third kappa shape index (κ3) is 9.43. The Hall–Kier alpha value is -0.610. The Bertz CT molecular complexity index is 447. The lowest BCUT2D eigenvalue weighted by Crippen LogP contribution is -2.49. The van der Waals surface area contributed by atoms with E-state index in [1.807, 2.05) is 0 Å². The average Bonchev–Trinajstić information content (AvgIpc) is 3.14. The molecule has 7 nitrogen and oxygen atoms in total. The Morgan fingerprint density at radius 2 is 2.00 bits per heavy atom. The van der Waals surface area contributed by atoms with Crippen molar-refractivity contribution in [1.82, 2.24) is 20.4 Å². The Morgan fingerprint density at radius 3 is 2.59 bits per heavy atom. The molecule has 0 aromatic heterocycles. The summed E-state index contributed by atoms with van der Waals surface area (Å²) in [5.41, 5.74) is 0. The number of nitrogens with zero attached hydrogens (tertiary/aromatic N) is 3. The minimum Gasteiger partial charge on any atom is -0.381 e. The predicted octanol–water partition coefficient (Wildman–Crippen LogP) is 1.53. The van der Waals surface area contributed by atoms with Gasteiger partial charge < -0.3 is 25.2 Å². The average molecular weight is 495 g/mol. The van der Waals surface area contributed by atoms with Gasteiger partial charge in [0.25, 0.3) is 0 Å². The Morgan fingerprint density at radius 1 is 1.26 bits per heavy atom. The number of likely N-dealkylation sites (tertiary alicyclic amines) is 1. The number of rotatable bonds is 8. The van der Waals surface area contributed by atoms with Gasteiger partial charge in [-0.3, -0.25) is 4.79 Å². The predicted molar refractivity (Wildman–Crippen MR) is 121 cm³/mol. The molecule has 1 unspecified atom stereocenters. The van der Waals surface area contributed by atoms with E-state index in [0.29, 0.717) is 12.0 Å². The molecule has 0 radical (unpaired) electrons. The van der Waals surface area contributed by atoms with Crippen molar-refractivity contribution in [3.05, 3.63) is 0 Å². The van der Waals surface area contributed by atoms with E-state index in [1.54, 1.807) is 19.0 Å². The maximum absolute atomic E-state index is 11.8. The summed E-state index contributed by atoms with van der Waals surface area (Å²) >= 11 is 0. The summed E-state index contributed by atoms with van der Waals surface area (Å²) in [6.45, 7) is 8.51. The molecule has 0 saturated carbocycles. The van der Waals surface area contributed by atoms with Crippen molar-refractivity contribution in [3.63, 3.8) is 0 Å². The quantitative estimate of drug-likeness (QED) is 0.232. The minimum absolute atomic E-state index is 0. The molecule has 8 heteroatoms. The largest absolute Gasteiger partial charge is 0.381 e. The fourth-order valence-corrected chi connectivity index (χ4v) is 3.37. The zero-order valence-electron chi connectivity index (χ0n) is 17.2. The number of carbonyl (C=O) groups excluding carboxylic acids is 1. The van der Waals surface area contributed by atoms with E-state index in [1.165, 1.54) is 13.0 Å². The lowest BCUT2D eigenvalue weighted by Gasteiger charge is -2.34. The molecule has 2 rings (SSSR count). The number of nitrogens with one attached hydrogen (secondary N) is 2. The first kappa shape index (κ1) is 24.4. The first-order valence-corrected chi connectivity index (χ1v) is 10.1. The SMILES string of the molecule is CCCCNC(=NCC(=O)N(C)C)NC1CCN(CC2CCOC2)CC1.I. The minimum atomic E-state index is 0. The molecule has 1 amide bonds. The normalized spacial score (nSPS) is 21.6. The lowest BCUT2D eigenvalue weighted by atomic mass is 10.0. The van der Waals surface area contributed by atoms with Gasteiger partial charge in [0.05, 0.1) is 6.61 Å². The Labute approximate surface area is 181 Å². The molecule has 2 saturated heterocycles. The third-order valence-corrected chi connectivity index (χ3v) is 5.16. The molecule has 2 heterocycles. The highest BCUT2D eigenvalue weighted by molar-refractivity contribution is 14.0. The van der Waals surface area contributed by atoms with Gasteiger partial charge in [-0.15, -0.1) is 24.0 Å². The topological polar surface area (TPSA) is 69.2 Å². The lowest BCUT2D eigenvalue weighted by molar-refractivity contribution is -0.127. The third-order valence-electron chi connectivity index (χ3n) is 5.16. The number of halogens is 1. The number of unbranched alkanes of at least 4 members (excludes halogenated alkanes) is 1. The van der Waals surface area contributed by atoms with Crippen molar-refractivity contribution in [2.45, 2.75) is 45.1 Å². The van der Waals surface area contributed by atoms with Crippen LogP contribution in [0.4, 0.5) is 0 Å². The fraction of sp³-hybridized carbons (Fsp3) is 0.895. The molecule has 2 fully saturated rings. The summed E-state index contributed by atoms with van der Waals surface area (Å²) in [5, 5.41) is 6.91. The number of hydrogen-bond acceptors (Lipinski definition) is 4. The van der Waals surface area contributed by atoms with Crippen molar-refractivity contribution >= 4 is 35.8 Å². The van der Waals surface area contributed by atoms with Gasteiger partial charge in [0.2, 0.25) is 5.91 Å². The Kier molecular flexibility index (Phi) is 12.3. The second-order valence-electron chi connectivity index (χ2n) is 7.68. The molecular weight excluding hydrogens is 457 g/mol. The van der Waals surface area contributed by atoms with Gasteiger partial charge in [-0.2, -0.15) is 0 Å². The van der Waals surface area contributed by atoms with Crippen molar-refractivity contribution < 1.29 is 9.53 Å². The fourth-order valence-electron chi connectivity index (χ4n) is 3.37. The maximum atomic E-state index is 11.8. The summed E-state index contributed by atoms with van der Waals surface area (Å²) < 4.78 is 5.49. The van der Waals surface area contributed by atoms with Crippen molar-refractivity contribution in [2.24, 2.45) is 10.9 Å². The summed E-state index contributed by atoms with van der Waals surface area (Å²) in [6, 6.07) is 0.424. The molecule has 27 heavy (non-hydrogen) atoms. The van der Waals surface area contributed by atoms with Crippen LogP contribution in [0.2, 0.25) is 0 Å². The summed E-state index contributed by atoms with van der Waals surface area (Å²) in [4.78, 5) is 20.5. The molecule has 0 aliphatic carbocycles. The molecule has 2 aliphatic heterocycles. The van der Waals surface area contributed by atoms with Gasteiger partial charge in [-0.1, -0.05) is 13.3 Å². The van der Waals surface area contributed by atoms with E-state index < -0.39 is 0 Å². The van der Waals surface area contributed by atoms with E-state index in [4.69, 9.17) is 4.74 Å². The van der Waals surface area contributed by atoms with Gasteiger partial charge >= 0.3 is 0 Å². The van der Waals surface area contributed by atoms with E-state index >= 15 is 0 Å². The van der Waals surface area contributed by atoms with Crippen LogP contribution in [0.5, 0.6) is 0 Å². The second kappa shape index (κ2) is 13.5. The first-order valence-electron chi connectivity index (χ1n) is 10.1. The van der Waals surface area contributed by atoms with Gasteiger partial charge in [0.1, 0.15) is 6.54 Å². The van der Waals surface area contributed by atoms with Gasteiger partial charge in [0, 0.05) is 52.9 Å². The van der Waals surface area contributed by atoms with Crippen LogP contribution in [0.3, 0.4) is 0 Å². The van der Waals surface area contributed by atoms with Crippen LogP contribution in [0.15, 0.2) is 4.99 Å². The van der Waals surface area contributed by atoms with Crippen LogP contribution in [0.25, 0.3) is 0 Å². The molecule has 158 valence electrons. The molecule has 2 aliphatic rings. The van der Waals surface area contributed by atoms with Crippen molar-refractivity contribution in [2.75, 3.05) is 60.0 Å². The summed E-state index contributed by atoms with van der Waals surface area (Å²) in [7, 11) is 3.53. The monoisotopic (exact) mass is 495 g/mol. The number of carbonyl (C=O) groups is 1.